The van der Waals surface area contributed by atoms with Crippen LogP contribution in [0.4, 0.5) is 5.82 Å². The van der Waals surface area contributed by atoms with Crippen molar-refractivity contribution in [1.29, 1.82) is 0 Å². The van der Waals surface area contributed by atoms with E-state index in [1.807, 2.05) is 30.9 Å². The molecular formula is C10H10BrN3S. The van der Waals surface area contributed by atoms with Crippen LogP contribution in [0.1, 0.15) is 4.88 Å². The van der Waals surface area contributed by atoms with Gasteiger partial charge in [0.25, 0.3) is 0 Å². The molecular weight excluding hydrogens is 274 g/mol. The molecule has 0 radical (unpaired) electrons. The van der Waals surface area contributed by atoms with Gasteiger partial charge in [0.1, 0.15) is 5.82 Å². The summed E-state index contributed by atoms with van der Waals surface area (Å²) in [5.74, 6) is 0.950. The topological polar surface area (TPSA) is 29.0 Å². The first kappa shape index (κ1) is 10.6. The third kappa shape index (κ3) is 2.54. The van der Waals surface area contributed by atoms with Gasteiger partial charge in [0.05, 0.1) is 16.5 Å². The summed E-state index contributed by atoms with van der Waals surface area (Å²) in [5, 5.41) is 0. The standard InChI is InChI=1S/C10H10BrN3S/c1-14(6-8-5-12-7-15-8)10-9(11)3-2-4-13-10/h2-5,7H,6H2,1H3. The van der Waals surface area contributed by atoms with E-state index in [9.17, 15) is 0 Å². The highest BCUT2D eigenvalue weighted by molar-refractivity contribution is 9.10. The SMILES string of the molecule is CN(Cc1cncs1)c1ncccc1Br. The summed E-state index contributed by atoms with van der Waals surface area (Å²) in [7, 11) is 2.02. The predicted molar refractivity (Wildman–Crippen MR) is 66.2 cm³/mol. The maximum Gasteiger partial charge on any atom is 0.142 e. The van der Waals surface area contributed by atoms with Gasteiger partial charge in [0.2, 0.25) is 0 Å². The van der Waals surface area contributed by atoms with Crippen LogP contribution < -0.4 is 4.90 Å². The van der Waals surface area contributed by atoms with E-state index in [0.29, 0.717) is 0 Å². The normalized spacial score (nSPS) is 10.3. The van der Waals surface area contributed by atoms with E-state index in [-0.39, 0.29) is 0 Å². The highest BCUT2D eigenvalue weighted by Gasteiger charge is 2.07. The molecule has 3 nitrogen and oxygen atoms in total. The monoisotopic (exact) mass is 283 g/mol. The van der Waals surface area contributed by atoms with Crippen LogP contribution in [0.25, 0.3) is 0 Å². The van der Waals surface area contributed by atoms with Gasteiger partial charge in [0, 0.05) is 24.3 Å². The van der Waals surface area contributed by atoms with Crippen molar-refractivity contribution in [2.75, 3.05) is 11.9 Å². The number of nitrogens with zero attached hydrogens (tertiary/aromatic N) is 3. The van der Waals surface area contributed by atoms with Gasteiger partial charge in [-0.2, -0.15) is 0 Å². The minimum absolute atomic E-state index is 0.834. The maximum atomic E-state index is 4.32. The molecule has 0 amide bonds. The molecule has 0 saturated heterocycles. The summed E-state index contributed by atoms with van der Waals surface area (Å²) in [6.07, 6.45) is 3.68. The molecule has 0 atom stereocenters. The molecule has 0 spiro atoms. The van der Waals surface area contributed by atoms with Crippen LogP contribution in [0.5, 0.6) is 0 Å². The molecule has 0 fully saturated rings. The Morgan fingerprint density at radius 3 is 3.07 bits per heavy atom. The first-order chi connectivity index (χ1) is 7.27. The highest BCUT2D eigenvalue weighted by Crippen LogP contribution is 2.23. The van der Waals surface area contributed by atoms with Gasteiger partial charge >= 0.3 is 0 Å². The van der Waals surface area contributed by atoms with Crippen LogP contribution in [0, 0.1) is 0 Å². The molecule has 5 heteroatoms. The second kappa shape index (κ2) is 4.72. The first-order valence-corrected chi connectivity index (χ1v) is 6.13. The van der Waals surface area contributed by atoms with E-state index in [1.54, 1.807) is 17.5 Å². The lowest BCUT2D eigenvalue weighted by atomic mass is 10.4. The lowest BCUT2D eigenvalue weighted by Crippen LogP contribution is -2.17. The summed E-state index contributed by atoms with van der Waals surface area (Å²) in [4.78, 5) is 11.7. The van der Waals surface area contributed by atoms with Crippen molar-refractivity contribution in [3.63, 3.8) is 0 Å². The summed E-state index contributed by atoms with van der Waals surface area (Å²) in [5.41, 5.74) is 1.84. The molecule has 78 valence electrons. The van der Waals surface area contributed by atoms with Gasteiger partial charge in [-0.15, -0.1) is 11.3 Å². The van der Waals surface area contributed by atoms with Crippen LogP contribution in [-0.2, 0) is 6.54 Å². The quantitative estimate of drug-likeness (QED) is 0.867. The van der Waals surface area contributed by atoms with Crippen LogP contribution in [0.15, 0.2) is 34.5 Å². The second-order valence-electron chi connectivity index (χ2n) is 3.13. The Morgan fingerprint density at radius 2 is 2.40 bits per heavy atom. The van der Waals surface area contributed by atoms with Crippen molar-refractivity contribution in [2.24, 2.45) is 0 Å². The van der Waals surface area contributed by atoms with Crippen LogP contribution >= 0.6 is 27.3 Å². The van der Waals surface area contributed by atoms with Crippen molar-refractivity contribution >= 4 is 33.1 Å². The van der Waals surface area contributed by atoms with Crippen LogP contribution in [0.3, 0.4) is 0 Å². The van der Waals surface area contributed by atoms with E-state index >= 15 is 0 Å². The Hall–Kier alpha value is -0.940. The molecule has 2 aromatic rings. The molecule has 2 heterocycles. The number of hydrogen-bond acceptors (Lipinski definition) is 4. The van der Waals surface area contributed by atoms with Gasteiger partial charge in [0.15, 0.2) is 0 Å². The molecule has 0 aromatic carbocycles. The molecule has 0 unspecified atom stereocenters. The molecule has 0 N–H and O–H groups in total. The number of aromatic nitrogens is 2. The molecule has 0 aliphatic rings. The predicted octanol–water partition coefficient (Wildman–Crippen LogP) is 2.94. The van der Waals surface area contributed by atoms with Gasteiger partial charge in [-0.1, -0.05) is 0 Å². The average Bonchev–Trinajstić information content (AvgIpc) is 2.71. The molecule has 2 rings (SSSR count). The molecule has 15 heavy (non-hydrogen) atoms. The third-order valence-corrected chi connectivity index (χ3v) is 3.36. The maximum absolute atomic E-state index is 4.32. The molecule has 0 aliphatic carbocycles. The number of rotatable bonds is 3. The van der Waals surface area contributed by atoms with E-state index in [1.165, 1.54) is 4.88 Å². The number of thiazole rings is 1. The largest absolute Gasteiger partial charge is 0.354 e. The summed E-state index contributed by atoms with van der Waals surface area (Å²) in [6, 6.07) is 3.90. The van der Waals surface area contributed by atoms with Crippen LogP contribution in [-0.4, -0.2) is 17.0 Å². The number of halogens is 1. The van der Waals surface area contributed by atoms with E-state index in [4.69, 9.17) is 0 Å². The zero-order chi connectivity index (χ0) is 10.7. The van der Waals surface area contributed by atoms with Crippen molar-refractivity contribution in [3.05, 3.63) is 39.4 Å². The van der Waals surface area contributed by atoms with E-state index in [2.05, 4.69) is 30.8 Å². The zero-order valence-corrected chi connectivity index (χ0v) is 10.6. The Morgan fingerprint density at radius 1 is 1.53 bits per heavy atom. The number of anilines is 1. The number of pyridine rings is 1. The van der Waals surface area contributed by atoms with Crippen LogP contribution in [0.2, 0.25) is 0 Å². The first-order valence-electron chi connectivity index (χ1n) is 4.46. The van der Waals surface area contributed by atoms with Crippen molar-refractivity contribution in [2.45, 2.75) is 6.54 Å². The molecule has 0 aliphatic heterocycles. The fourth-order valence-corrected chi connectivity index (χ4v) is 2.49. The zero-order valence-electron chi connectivity index (χ0n) is 8.22. The fraction of sp³-hybridized carbons (Fsp3) is 0.200. The molecule has 0 saturated carbocycles. The van der Waals surface area contributed by atoms with Crippen molar-refractivity contribution in [1.82, 2.24) is 9.97 Å². The third-order valence-electron chi connectivity index (χ3n) is 1.98. The summed E-state index contributed by atoms with van der Waals surface area (Å²) in [6.45, 7) is 0.834. The fourth-order valence-electron chi connectivity index (χ4n) is 1.29. The minimum atomic E-state index is 0.834. The Bertz CT molecular complexity index is 430. The smallest absolute Gasteiger partial charge is 0.142 e. The lowest BCUT2D eigenvalue weighted by Gasteiger charge is -2.17. The second-order valence-corrected chi connectivity index (χ2v) is 4.96. The van der Waals surface area contributed by atoms with Crippen molar-refractivity contribution in [3.8, 4) is 0 Å². The summed E-state index contributed by atoms with van der Waals surface area (Å²) < 4.78 is 1.01. The molecule has 2 aromatic heterocycles. The molecule has 0 bridgehead atoms. The van der Waals surface area contributed by atoms with E-state index < -0.39 is 0 Å². The van der Waals surface area contributed by atoms with Gasteiger partial charge < -0.3 is 4.90 Å². The van der Waals surface area contributed by atoms with Gasteiger partial charge in [-0.3, -0.25) is 4.98 Å². The Balaban J connectivity index is 2.15. The average molecular weight is 284 g/mol. The van der Waals surface area contributed by atoms with Gasteiger partial charge in [-0.05, 0) is 28.1 Å². The van der Waals surface area contributed by atoms with Gasteiger partial charge in [-0.25, -0.2) is 4.98 Å². The Kier molecular flexibility index (Phi) is 3.33. The van der Waals surface area contributed by atoms with E-state index in [0.717, 1.165) is 16.8 Å². The minimum Gasteiger partial charge on any atom is -0.354 e. The van der Waals surface area contributed by atoms with Crippen molar-refractivity contribution < 1.29 is 0 Å². The summed E-state index contributed by atoms with van der Waals surface area (Å²) >= 11 is 5.14. The lowest BCUT2D eigenvalue weighted by molar-refractivity contribution is 0.905. The number of hydrogen-bond donors (Lipinski definition) is 0. The highest BCUT2D eigenvalue weighted by atomic mass is 79.9. The Labute approximate surface area is 101 Å².